The minimum absolute atomic E-state index is 0.497. The second-order valence-electron chi connectivity index (χ2n) is 7.25. The smallest absolute Gasteiger partial charge is 0.266 e. The molecule has 0 saturated carbocycles. The third-order valence-corrected chi connectivity index (χ3v) is 7.01. The molecule has 2 unspecified atom stereocenters. The molecule has 9 heteroatoms. The molecule has 5 rings (SSSR count). The van der Waals surface area contributed by atoms with Crippen LogP contribution >= 0.6 is 11.3 Å². The SMILES string of the molecule is N#Cc1ccc(C(O)c2nc3cc(N(c4ccc5ncccc5c4)S(=O)O)ccc3s2)cc1. The molecule has 0 aliphatic heterocycles. The van der Waals surface area contributed by atoms with Crippen LogP contribution in [0.25, 0.3) is 21.1 Å². The molecule has 0 aliphatic rings. The summed E-state index contributed by atoms with van der Waals surface area (Å²) in [6.07, 6.45) is 0.763. The molecule has 0 radical (unpaired) electrons. The topological polar surface area (TPSA) is 110 Å². The molecule has 0 saturated heterocycles. The van der Waals surface area contributed by atoms with Crippen LogP contribution in [-0.4, -0.2) is 23.8 Å². The van der Waals surface area contributed by atoms with Crippen LogP contribution in [0.2, 0.25) is 0 Å². The van der Waals surface area contributed by atoms with Gasteiger partial charge in [-0.2, -0.15) is 5.26 Å². The third-order valence-electron chi connectivity index (χ3n) is 5.19. The average Bonchev–Trinajstić information content (AvgIpc) is 3.27. The molecule has 2 N–H and O–H groups in total. The third kappa shape index (κ3) is 4.08. The van der Waals surface area contributed by atoms with Crippen LogP contribution in [0.3, 0.4) is 0 Å². The molecule has 0 fully saturated rings. The van der Waals surface area contributed by atoms with Gasteiger partial charge in [-0.15, -0.1) is 11.3 Å². The number of aliphatic hydroxyl groups is 1. The van der Waals surface area contributed by atoms with E-state index < -0.39 is 17.4 Å². The number of rotatable bonds is 5. The van der Waals surface area contributed by atoms with E-state index in [0.717, 1.165) is 15.6 Å². The van der Waals surface area contributed by atoms with Crippen LogP contribution in [0.1, 0.15) is 22.2 Å². The Balaban J connectivity index is 1.52. The molecule has 2 aromatic heterocycles. The number of aromatic nitrogens is 2. The highest BCUT2D eigenvalue weighted by molar-refractivity contribution is 7.81. The van der Waals surface area contributed by atoms with E-state index in [4.69, 9.17) is 5.26 Å². The van der Waals surface area contributed by atoms with E-state index >= 15 is 0 Å². The van der Waals surface area contributed by atoms with E-state index in [0.29, 0.717) is 33.0 Å². The van der Waals surface area contributed by atoms with Gasteiger partial charge in [-0.05, 0) is 60.2 Å². The maximum Gasteiger partial charge on any atom is 0.266 e. The standard InChI is InChI=1S/C24H16N4O3S2/c25-14-15-3-5-16(6-4-15)23(29)24-27-21-13-19(8-10-22(21)32-24)28(33(30)31)18-7-9-20-17(12-18)2-1-11-26-20/h1-13,23,29H,(H,30,31). The summed E-state index contributed by atoms with van der Waals surface area (Å²) in [6, 6.07) is 23.1. The Morgan fingerprint density at radius 3 is 2.52 bits per heavy atom. The first-order valence-corrected chi connectivity index (χ1v) is 11.8. The Morgan fingerprint density at radius 1 is 1.00 bits per heavy atom. The molecular formula is C24H16N4O3S2. The number of anilines is 2. The highest BCUT2D eigenvalue weighted by Gasteiger charge is 2.19. The number of aliphatic hydroxyl groups excluding tert-OH is 1. The van der Waals surface area contributed by atoms with Crippen molar-refractivity contribution in [3.63, 3.8) is 0 Å². The number of thiazole rings is 1. The Bertz CT molecular complexity index is 1540. The fourth-order valence-corrected chi connectivity index (χ4v) is 5.13. The van der Waals surface area contributed by atoms with Gasteiger partial charge in [-0.1, -0.05) is 18.2 Å². The zero-order valence-electron chi connectivity index (χ0n) is 17.0. The van der Waals surface area contributed by atoms with Gasteiger partial charge in [0.15, 0.2) is 0 Å². The molecule has 3 aromatic carbocycles. The van der Waals surface area contributed by atoms with E-state index in [2.05, 4.69) is 16.0 Å². The van der Waals surface area contributed by atoms with E-state index in [1.807, 2.05) is 24.3 Å². The van der Waals surface area contributed by atoms with E-state index in [-0.39, 0.29) is 0 Å². The summed E-state index contributed by atoms with van der Waals surface area (Å²) in [5.74, 6) is 0. The first-order valence-electron chi connectivity index (χ1n) is 9.88. The Morgan fingerprint density at radius 2 is 1.76 bits per heavy atom. The number of benzene rings is 3. The number of nitrogens with zero attached hydrogens (tertiary/aromatic N) is 4. The van der Waals surface area contributed by atoms with Crippen molar-refractivity contribution in [3.05, 3.63) is 95.1 Å². The van der Waals surface area contributed by atoms with Gasteiger partial charge in [0.05, 0.1) is 38.7 Å². The molecule has 5 aromatic rings. The van der Waals surface area contributed by atoms with Crippen molar-refractivity contribution in [2.45, 2.75) is 6.10 Å². The largest absolute Gasteiger partial charge is 0.381 e. The summed E-state index contributed by atoms with van der Waals surface area (Å²) in [7, 11) is 0. The monoisotopic (exact) mass is 472 g/mol. The van der Waals surface area contributed by atoms with Crippen molar-refractivity contribution in [3.8, 4) is 6.07 Å². The minimum atomic E-state index is -2.31. The van der Waals surface area contributed by atoms with E-state index in [9.17, 15) is 13.9 Å². The summed E-state index contributed by atoms with van der Waals surface area (Å²) in [4.78, 5) is 8.85. The lowest BCUT2D eigenvalue weighted by Gasteiger charge is -2.20. The van der Waals surface area contributed by atoms with Gasteiger partial charge in [0.2, 0.25) is 0 Å². The zero-order valence-corrected chi connectivity index (χ0v) is 18.6. The molecule has 0 bridgehead atoms. The van der Waals surface area contributed by atoms with Crippen LogP contribution in [-0.2, 0) is 11.3 Å². The van der Waals surface area contributed by atoms with Crippen LogP contribution in [0, 0.1) is 11.3 Å². The summed E-state index contributed by atoms with van der Waals surface area (Å²) in [5, 5.41) is 21.1. The highest BCUT2D eigenvalue weighted by atomic mass is 32.2. The van der Waals surface area contributed by atoms with Crippen molar-refractivity contribution in [2.75, 3.05) is 4.31 Å². The Kier molecular flexibility index (Phi) is 5.58. The summed E-state index contributed by atoms with van der Waals surface area (Å²) in [5.41, 5.74) is 3.59. The first-order chi connectivity index (χ1) is 16.0. The molecule has 7 nitrogen and oxygen atoms in total. The van der Waals surface area contributed by atoms with Crippen LogP contribution in [0.4, 0.5) is 11.4 Å². The molecule has 2 heterocycles. The van der Waals surface area contributed by atoms with Gasteiger partial charge >= 0.3 is 0 Å². The van der Waals surface area contributed by atoms with Crippen molar-refractivity contribution in [1.29, 1.82) is 5.26 Å². The van der Waals surface area contributed by atoms with Crippen molar-refractivity contribution >= 4 is 55.1 Å². The summed E-state index contributed by atoms with van der Waals surface area (Å²) < 4.78 is 24.5. The van der Waals surface area contributed by atoms with Gasteiger partial charge < -0.3 is 5.11 Å². The second-order valence-corrected chi connectivity index (χ2v) is 9.13. The number of nitriles is 1. The van der Waals surface area contributed by atoms with Crippen LogP contribution in [0.15, 0.2) is 79.0 Å². The predicted octanol–water partition coefficient (Wildman–Crippen LogP) is 5.07. The molecule has 0 aliphatic carbocycles. The number of fused-ring (bicyclic) bond motifs is 2. The first kappa shape index (κ1) is 21.2. The molecule has 162 valence electrons. The molecular weight excluding hydrogens is 456 g/mol. The maximum absolute atomic E-state index is 12.3. The minimum Gasteiger partial charge on any atom is -0.381 e. The Labute approximate surface area is 195 Å². The molecule has 33 heavy (non-hydrogen) atoms. The zero-order chi connectivity index (χ0) is 22.9. The van der Waals surface area contributed by atoms with Crippen molar-refractivity contribution in [2.24, 2.45) is 0 Å². The van der Waals surface area contributed by atoms with Crippen molar-refractivity contribution in [1.82, 2.24) is 9.97 Å². The summed E-state index contributed by atoms with van der Waals surface area (Å²) in [6.45, 7) is 0. The maximum atomic E-state index is 12.3. The lowest BCUT2D eigenvalue weighted by Crippen LogP contribution is -2.19. The quantitative estimate of drug-likeness (QED) is 0.346. The van der Waals surface area contributed by atoms with Gasteiger partial charge in [-0.3, -0.25) is 9.54 Å². The fraction of sp³-hybridized carbons (Fsp3) is 0.0417. The molecule has 0 amide bonds. The molecule has 2 atom stereocenters. The molecule has 0 spiro atoms. The highest BCUT2D eigenvalue weighted by Crippen LogP contribution is 2.35. The van der Waals surface area contributed by atoms with Gasteiger partial charge in [-0.25, -0.2) is 13.5 Å². The number of hydrogen-bond acceptors (Lipinski definition) is 6. The van der Waals surface area contributed by atoms with Crippen LogP contribution < -0.4 is 4.31 Å². The van der Waals surface area contributed by atoms with E-state index in [1.54, 1.807) is 54.7 Å². The van der Waals surface area contributed by atoms with Gasteiger partial charge in [0, 0.05) is 11.6 Å². The van der Waals surface area contributed by atoms with Crippen LogP contribution in [0.5, 0.6) is 0 Å². The number of pyridine rings is 1. The fourth-order valence-electron chi connectivity index (χ4n) is 3.58. The lowest BCUT2D eigenvalue weighted by molar-refractivity contribution is 0.220. The van der Waals surface area contributed by atoms with Gasteiger partial charge in [0.25, 0.3) is 11.3 Å². The average molecular weight is 473 g/mol. The van der Waals surface area contributed by atoms with Crippen molar-refractivity contribution < 1.29 is 13.9 Å². The predicted molar refractivity (Wildman–Crippen MR) is 129 cm³/mol. The number of hydrogen-bond donors (Lipinski definition) is 2. The Hall–Kier alpha value is -3.68. The summed E-state index contributed by atoms with van der Waals surface area (Å²) >= 11 is -0.968. The van der Waals surface area contributed by atoms with E-state index in [1.165, 1.54) is 15.6 Å². The van der Waals surface area contributed by atoms with Gasteiger partial charge in [0.1, 0.15) is 11.1 Å². The second kappa shape index (κ2) is 8.69. The lowest BCUT2D eigenvalue weighted by atomic mass is 10.1. The normalized spacial score (nSPS) is 13.0.